The van der Waals surface area contributed by atoms with Crippen LogP contribution in [0.3, 0.4) is 0 Å². The molecule has 1 aromatic carbocycles. The minimum atomic E-state index is -0.414. The molecular weight excluding hydrogens is 217 g/mol. The second-order valence-corrected chi connectivity index (χ2v) is 4.23. The molecule has 17 heavy (non-hydrogen) atoms. The number of benzene rings is 1. The molecular formula is C12H14BNO3. The summed E-state index contributed by atoms with van der Waals surface area (Å²) in [6.45, 7) is 1.95. The Hall–Kier alpha value is -1.65. The lowest BCUT2D eigenvalue weighted by Gasteiger charge is -2.34. The number of carbonyl (C=O) groups excluding carboxylic acids is 1. The molecule has 2 radical (unpaired) electrons. The predicted molar refractivity (Wildman–Crippen MR) is 66.2 cm³/mol. The highest BCUT2D eigenvalue weighted by Crippen LogP contribution is 2.35. The number of fused-ring (bicyclic) bond motifs is 1. The Morgan fingerprint density at radius 1 is 1.59 bits per heavy atom. The standard InChI is InChI=1S/C12H14BNO3/c1-7-3-4-8-10(14(7)12(16)17-2)6-5-9(13)11(8)15/h5-7,15H,3-4H2,1-2H3/t7-/m0/s1. The fraction of sp³-hybridized carbons (Fsp3) is 0.417. The van der Waals surface area contributed by atoms with E-state index in [4.69, 9.17) is 12.6 Å². The van der Waals surface area contributed by atoms with Crippen LogP contribution in [0.1, 0.15) is 18.9 Å². The third kappa shape index (κ3) is 1.86. The monoisotopic (exact) mass is 231 g/mol. The van der Waals surface area contributed by atoms with Gasteiger partial charge in [-0.25, -0.2) is 4.79 Å². The average Bonchev–Trinajstić information content (AvgIpc) is 2.33. The van der Waals surface area contributed by atoms with Gasteiger partial charge in [-0.1, -0.05) is 11.5 Å². The number of ether oxygens (including phenoxy) is 1. The number of anilines is 1. The molecule has 0 unspecified atom stereocenters. The molecule has 1 aromatic rings. The Balaban J connectivity index is 2.52. The predicted octanol–water partition coefficient (Wildman–Crippen LogP) is 1.09. The minimum absolute atomic E-state index is 0.0537. The first-order chi connectivity index (χ1) is 8.06. The first-order valence-corrected chi connectivity index (χ1v) is 5.53. The van der Waals surface area contributed by atoms with Crippen molar-refractivity contribution in [3.8, 4) is 5.75 Å². The second kappa shape index (κ2) is 4.32. The van der Waals surface area contributed by atoms with Gasteiger partial charge >= 0.3 is 6.09 Å². The van der Waals surface area contributed by atoms with E-state index in [2.05, 4.69) is 0 Å². The molecule has 0 fully saturated rings. The van der Waals surface area contributed by atoms with E-state index in [0.29, 0.717) is 23.1 Å². The summed E-state index contributed by atoms with van der Waals surface area (Å²) in [6, 6.07) is 3.40. The smallest absolute Gasteiger partial charge is 0.414 e. The lowest BCUT2D eigenvalue weighted by molar-refractivity contribution is 0.175. The van der Waals surface area contributed by atoms with Gasteiger partial charge in [-0.05, 0) is 25.8 Å². The number of amides is 1. The second-order valence-electron chi connectivity index (χ2n) is 4.23. The van der Waals surface area contributed by atoms with E-state index in [1.165, 1.54) is 7.11 Å². The summed E-state index contributed by atoms with van der Waals surface area (Å²) in [5.74, 6) is 0.0725. The molecule has 0 aromatic heterocycles. The summed E-state index contributed by atoms with van der Waals surface area (Å²) in [5, 5.41) is 9.90. The summed E-state index contributed by atoms with van der Waals surface area (Å²) in [6.07, 6.45) is 1.07. The van der Waals surface area contributed by atoms with Crippen molar-refractivity contribution in [1.29, 1.82) is 0 Å². The quantitative estimate of drug-likeness (QED) is 0.680. The van der Waals surface area contributed by atoms with Crippen LogP contribution in [0.2, 0.25) is 0 Å². The van der Waals surface area contributed by atoms with E-state index in [1.54, 1.807) is 17.0 Å². The highest BCUT2D eigenvalue weighted by Gasteiger charge is 2.30. The first-order valence-electron chi connectivity index (χ1n) is 5.53. The Kier molecular flexibility index (Phi) is 3.00. The van der Waals surface area contributed by atoms with Crippen LogP contribution in [0.5, 0.6) is 5.75 Å². The topological polar surface area (TPSA) is 49.8 Å². The zero-order valence-corrected chi connectivity index (χ0v) is 9.93. The van der Waals surface area contributed by atoms with Crippen LogP contribution in [0, 0.1) is 0 Å². The highest BCUT2D eigenvalue weighted by atomic mass is 16.5. The molecule has 0 aliphatic carbocycles. The summed E-state index contributed by atoms with van der Waals surface area (Å²) < 4.78 is 4.76. The number of aromatic hydroxyl groups is 1. The van der Waals surface area contributed by atoms with Gasteiger partial charge in [0.05, 0.1) is 12.8 Å². The van der Waals surface area contributed by atoms with Crippen molar-refractivity contribution in [2.45, 2.75) is 25.8 Å². The van der Waals surface area contributed by atoms with Gasteiger partial charge in [-0.3, -0.25) is 4.90 Å². The van der Waals surface area contributed by atoms with Crippen molar-refractivity contribution in [2.24, 2.45) is 0 Å². The van der Waals surface area contributed by atoms with Gasteiger partial charge in [0.1, 0.15) is 13.6 Å². The number of hydrogen-bond donors (Lipinski definition) is 1. The first kappa shape index (κ1) is 11.8. The van der Waals surface area contributed by atoms with Crippen molar-refractivity contribution in [1.82, 2.24) is 0 Å². The molecule has 2 rings (SSSR count). The molecule has 1 N–H and O–H groups in total. The van der Waals surface area contributed by atoms with E-state index in [9.17, 15) is 9.90 Å². The number of rotatable bonds is 0. The number of phenols is 1. The molecule has 5 heteroatoms. The average molecular weight is 231 g/mol. The van der Waals surface area contributed by atoms with Gasteiger partial charge in [0, 0.05) is 11.6 Å². The van der Waals surface area contributed by atoms with E-state index in [0.717, 1.165) is 6.42 Å². The van der Waals surface area contributed by atoms with Crippen molar-refractivity contribution in [3.05, 3.63) is 17.7 Å². The Morgan fingerprint density at radius 2 is 2.29 bits per heavy atom. The molecule has 1 aliphatic heterocycles. The summed E-state index contributed by atoms with van der Waals surface area (Å²) in [5.41, 5.74) is 1.74. The Labute approximate surface area is 102 Å². The normalized spacial score (nSPS) is 18.7. The summed E-state index contributed by atoms with van der Waals surface area (Å²) >= 11 is 0. The van der Waals surface area contributed by atoms with Gasteiger partial charge in [-0.15, -0.1) is 0 Å². The molecule has 0 spiro atoms. The third-order valence-corrected chi connectivity index (χ3v) is 3.17. The van der Waals surface area contributed by atoms with E-state index in [1.807, 2.05) is 6.92 Å². The number of phenolic OH excluding ortho intramolecular Hbond substituents is 1. The minimum Gasteiger partial charge on any atom is -0.508 e. The molecule has 0 saturated carbocycles. The summed E-state index contributed by atoms with van der Waals surface area (Å²) in [4.78, 5) is 13.3. The number of carbonyl (C=O) groups is 1. The Bertz CT molecular complexity index is 461. The Morgan fingerprint density at radius 3 is 2.94 bits per heavy atom. The van der Waals surface area contributed by atoms with Crippen molar-refractivity contribution < 1.29 is 14.6 Å². The van der Waals surface area contributed by atoms with Crippen LogP contribution in [0.4, 0.5) is 10.5 Å². The van der Waals surface area contributed by atoms with Crippen molar-refractivity contribution in [3.63, 3.8) is 0 Å². The molecule has 0 bridgehead atoms. The lowest BCUT2D eigenvalue weighted by atomic mass is 9.87. The fourth-order valence-corrected chi connectivity index (χ4v) is 2.21. The van der Waals surface area contributed by atoms with Gasteiger partial charge in [0.2, 0.25) is 0 Å². The van der Waals surface area contributed by atoms with E-state index in [-0.39, 0.29) is 11.8 Å². The van der Waals surface area contributed by atoms with E-state index < -0.39 is 6.09 Å². The molecule has 1 aliphatic rings. The van der Waals surface area contributed by atoms with Gasteiger partial charge in [0.25, 0.3) is 0 Å². The maximum atomic E-state index is 11.7. The largest absolute Gasteiger partial charge is 0.508 e. The van der Waals surface area contributed by atoms with Gasteiger partial charge in [0.15, 0.2) is 0 Å². The van der Waals surface area contributed by atoms with Crippen molar-refractivity contribution in [2.75, 3.05) is 12.0 Å². The fourth-order valence-electron chi connectivity index (χ4n) is 2.21. The van der Waals surface area contributed by atoms with Crippen LogP contribution in [0.15, 0.2) is 12.1 Å². The molecule has 0 saturated heterocycles. The van der Waals surface area contributed by atoms with Crippen molar-refractivity contribution >= 4 is 25.1 Å². The molecule has 4 nitrogen and oxygen atoms in total. The van der Waals surface area contributed by atoms with Crippen LogP contribution in [0.25, 0.3) is 0 Å². The van der Waals surface area contributed by atoms with Gasteiger partial charge in [-0.2, -0.15) is 0 Å². The zero-order valence-electron chi connectivity index (χ0n) is 9.93. The van der Waals surface area contributed by atoms with Crippen LogP contribution < -0.4 is 10.4 Å². The lowest BCUT2D eigenvalue weighted by Crippen LogP contribution is -2.42. The van der Waals surface area contributed by atoms with Gasteiger partial charge < -0.3 is 9.84 Å². The molecule has 1 heterocycles. The number of hydrogen-bond acceptors (Lipinski definition) is 3. The molecule has 88 valence electrons. The van der Waals surface area contributed by atoms with E-state index >= 15 is 0 Å². The SMILES string of the molecule is [B]c1ccc2c(c1O)CC[C@H](C)N2C(=O)OC. The summed E-state index contributed by atoms with van der Waals surface area (Å²) in [7, 11) is 7.00. The zero-order chi connectivity index (χ0) is 12.6. The van der Waals surface area contributed by atoms with Crippen LogP contribution >= 0.6 is 0 Å². The third-order valence-electron chi connectivity index (χ3n) is 3.17. The highest BCUT2D eigenvalue weighted by molar-refractivity contribution is 6.34. The number of nitrogens with zero attached hydrogens (tertiary/aromatic N) is 1. The molecule has 1 amide bonds. The maximum absolute atomic E-state index is 11.7. The molecule has 1 atom stereocenters. The van der Waals surface area contributed by atoms with Crippen LogP contribution in [-0.4, -0.2) is 32.2 Å². The maximum Gasteiger partial charge on any atom is 0.414 e. The number of methoxy groups -OCH3 is 1. The van der Waals surface area contributed by atoms with Crippen LogP contribution in [-0.2, 0) is 11.2 Å².